The number of methoxy groups -OCH3 is 2. The molecule has 5 N–H and O–H groups in total. The molecule has 3 aromatic rings. The van der Waals surface area contributed by atoms with Crippen LogP contribution < -0.4 is 20.1 Å². The number of para-hydroxylation sites is 2. The number of unbranched alkanes of at least 4 members (excludes halogenated alkanes) is 1. The van der Waals surface area contributed by atoms with E-state index in [1.54, 1.807) is 25.2 Å². The second kappa shape index (κ2) is 8.69. The Labute approximate surface area is 180 Å². The van der Waals surface area contributed by atoms with E-state index in [4.69, 9.17) is 20.6 Å². The van der Waals surface area contributed by atoms with Gasteiger partial charge in [-0.2, -0.15) is 0 Å². The Balaban J connectivity index is 1.79. The summed E-state index contributed by atoms with van der Waals surface area (Å²) in [5, 5.41) is 20.2. The molecule has 0 aliphatic carbocycles. The number of nitrogens with two attached hydrogens (primary N) is 1. The Hall–Kier alpha value is -3.52. The van der Waals surface area contributed by atoms with Gasteiger partial charge in [0.1, 0.15) is 28.9 Å². The standard InChI is InChI=1S/C23H27N5O3/c1-30-15-11-14(12-16(13-15)31-2)28-19(9-5-6-10-24)21(29)20(22(28)25)23-26-17-7-3-4-8-18(17)27-23/h3-4,7-8,11-13,19,25,29H,5-6,9-10,24H2,1-2H3,(H,26,27). The summed E-state index contributed by atoms with van der Waals surface area (Å²) in [6.45, 7) is 0.581. The third-order valence-corrected chi connectivity index (χ3v) is 5.53. The van der Waals surface area contributed by atoms with Crippen LogP contribution in [0.4, 0.5) is 5.69 Å². The summed E-state index contributed by atoms with van der Waals surface area (Å²) in [5.41, 5.74) is 8.42. The van der Waals surface area contributed by atoms with Crippen molar-refractivity contribution < 1.29 is 14.6 Å². The first-order chi connectivity index (χ1) is 15.1. The van der Waals surface area contributed by atoms with E-state index >= 15 is 0 Å². The van der Waals surface area contributed by atoms with Gasteiger partial charge in [-0.25, -0.2) is 4.98 Å². The number of aromatic amines is 1. The van der Waals surface area contributed by atoms with Gasteiger partial charge >= 0.3 is 0 Å². The summed E-state index contributed by atoms with van der Waals surface area (Å²) in [4.78, 5) is 9.65. The maximum absolute atomic E-state index is 11.2. The quantitative estimate of drug-likeness (QED) is 0.410. The number of amidine groups is 1. The van der Waals surface area contributed by atoms with Crippen LogP contribution in [-0.2, 0) is 0 Å². The summed E-state index contributed by atoms with van der Waals surface area (Å²) in [7, 11) is 3.17. The molecule has 0 saturated heterocycles. The van der Waals surface area contributed by atoms with Crippen LogP contribution in [0.1, 0.15) is 25.1 Å². The summed E-state index contributed by atoms with van der Waals surface area (Å²) >= 11 is 0. The van der Waals surface area contributed by atoms with Crippen LogP contribution in [0.15, 0.2) is 48.2 Å². The molecule has 1 aromatic heterocycles. The van der Waals surface area contributed by atoms with Crippen molar-refractivity contribution >= 4 is 28.1 Å². The van der Waals surface area contributed by atoms with Gasteiger partial charge in [0.15, 0.2) is 0 Å². The number of anilines is 1. The SMILES string of the molecule is COc1cc(OC)cc(N2C(=N)C(c3nc4ccccc4[nH]3)=C(O)C2CCCCN)c1. The number of hydrogen-bond donors (Lipinski definition) is 4. The van der Waals surface area contributed by atoms with Crippen molar-refractivity contribution in [3.63, 3.8) is 0 Å². The Morgan fingerprint density at radius 3 is 2.48 bits per heavy atom. The number of aliphatic hydroxyl groups is 1. The fourth-order valence-corrected chi connectivity index (χ4v) is 3.98. The minimum absolute atomic E-state index is 0.128. The lowest BCUT2D eigenvalue weighted by Gasteiger charge is -2.28. The number of rotatable bonds is 8. The molecule has 162 valence electrons. The van der Waals surface area contributed by atoms with Gasteiger partial charge in [0.05, 0.1) is 42.6 Å². The average Bonchev–Trinajstić information content (AvgIpc) is 3.31. The molecule has 0 bridgehead atoms. The van der Waals surface area contributed by atoms with E-state index in [0.717, 1.165) is 23.9 Å². The van der Waals surface area contributed by atoms with Crippen LogP contribution in [-0.4, -0.2) is 47.7 Å². The van der Waals surface area contributed by atoms with E-state index in [9.17, 15) is 5.11 Å². The van der Waals surface area contributed by atoms with Crippen LogP contribution in [0.3, 0.4) is 0 Å². The third-order valence-electron chi connectivity index (χ3n) is 5.53. The lowest BCUT2D eigenvalue weighted by Crippen LogP contribution is -2.35. The Morgan fingerprint density at radius 2 is 1.84 bits per heavy atom. The molecule has 1 aliphatic heterocycles. The molecule has 8 heteroatoms. The highest BCUT2D eigenvalue weighted by Gasteiger charge is 2.39. The third kappa shape index (κ3) is 3.82. The molecule has 0 radical (unpaired) electrons. The normalized spacial score (nSPS) is 16.4. The molecule has 0 amide bonds. The zero-order valence-electron chi connectivity index (χ0n) is 17.7. The maximum Gasteiger partial charge on any atom is 0.145 e. The minimum Gasteiger partial charge on any atom is -0.509 e. The van der Waals surface area contributed by atoms with Gasteiger partial charge in [0.2, 0.25) is 0 Å². The molecule has 1 aliphatic rings. The Bertz CT molecular complexity index is 1080. The highest BCUT2D eigenvalue weighted by Crippen LogP contribution is 2.39. The molecule has 8 nitrogen and oxygen atoms in total. The van der Waals surface area contributed by atoms with Gasteiger partial charge in [-0.15, -0.1) is 0 Å². The average molecular weight is 422 g/mol. The Morgan fingerprint density at radius 1 is 1.13 bits per heavy atom. The van der Waals surface area contributed by atoms with Crippen LogP contribution in [0.2, 0.25) is 0 Å². The van der Waals surface area contributed by atoms with Gasteiger partial charge in [0.25, 0.3) is 0 Å². The van der Waals surface area contributed by atoms with Crippen molar-refractivity contribution in [2.24, 2.45) is 5.73 Å². The van der Waals surface area contributed by atoms with E-state index in [2.05, 4.69) is 9.97 Å². The number of hydrogen-bond acceptors (Lipinski definition) is 6. The summed E-state index contributed by atoms with van der Waals surface area (Å²) < 4.78 is 10.8. The molecule has 1 atom stereocenters. The number of nitrogens with zero attached hydrogens (tertiary/aromatic N) is 2. The second-order valence-electron chi connectivity index (χ2n) is 7.45. The predicted octanol–water partition coefficient (Wildman–Crippen LogP) is 3.84. The van der Waals surface area contributed by atoms with Crippen molar-refractivity contribution in [2.45, 2.75) is 25.3 Å². The van der Waals surface area contributed by atoms with E-state index < -0.39 is 6.04 Å². The van der Waals surface area contributed by atoms with Crippen molar-refractivity contribution in [1.29, 1.82) is 5.41 Å². The summed E-state index contributed by atoms with van der Waals surface area (Å²) in [6, 6.07) is 12.7. The van der Waals surface area contributed by atoms with Crippen LogP contribution in [0.25, 0.3) is 16.6 Å². The molecule has 0 saturated carbocycles. The lowest BCUT2D eigenvalue weighted by molar-refractivity contribution is 0.365. The van der Waals surface area contributed by atoms with E-state index in [0.29, 0.717) is 41.5 Å². The Kier molecular flexibility index (Phi) is 5.81. The van der Waals surface area contributed by atoms with Crippen molar-refractivity contribution in [3.8, 4) is 11.5 Å². The minimum atomic E-state index is -0.404. The molecule has 31 heavy (non-hydrogen) atoms. The first kappa shape index (κ1) is 20.7. The molecule has 4 rings (SSSR count). The zero-order chi connectivity index (χ0) is 22.0. The van der Waals surface area contributed by atoms with Gasteiger partial charge < -0.3 is 30.2 Å². The van der Waals surface area contributed by atoms with Gasteiger partial charge in [-0.1, -0.05) is 12.1 Å². The van der Waals surface area contributed by atoms with E-state index in [1.165, 1.54) is 0 Å². The lowest BCUT2D eigenvalue weighted by atomic mass is 10.1. The monoisotopic (exact) mass is 421 g/mol. The fourth-order valence-electron chi connectivity index (χ4n) is 3.98. The highest BCUT2D eigenvalue weighted by molar-refractivity contribution is 6.31. The highest BCUT2D eigenvalue weighted by atomic mass is 16.5. The molecule has 1 unspecified atom stereocenters. The number of ether oxygens (including phenoxy) is 2. The summed E-state index contributed by atoms with van der Waals surface area (Å²) in [5.74, 6) is 2.00. The number of nitrogens with one attached hydrogen (secondary N) is 2. The van der Waals surface area contributed by atoms with Crippen LogP contribution in [0.5, 0.6) is 11.5 Å². The number of aromatic nitrogens is 2. The first-order valence-corrected chi connectivity index (χ1v) is 10.3. The van der Waals surface area contributed by atoms with E-state index in [1.807, 2.05) is 36.4 Å². The second-order valence-corrected chi connectivity index (χ2v) is 7.45. The predicted molar refractivity (Wildman–Crippen MR) is 122 cm³/mol. The zero-order valence-corrected chi connectivity index (χ0v) is 17.7. The van der Waals surface area contributed by atoms with Gasteiger partial charge in [-0.3, -0.25) is 5.41 Å². The largest absolute Gasteiger partial charge is 0.509 e. The molecule has 2 aromatic carbocycles. The van der Waals surface area contributed by atoms with Crippen molar-refractivity contribution in [2.75, 3.05) is 25.7 Å². The summed E-state index contributed by atoms with van der Waals surface area (Å²) in [6.07, 6.45) is 2.31. The van der Waals surface area contributed by atoms with Crippen LogP contribution in [0, 0.1) is 5.41 Å². The maximum atomic E-state index is 11.2. The topological polar surface area (TPSA) is 120 Å². The number of aliphatic hydroxyl groups excluding tert-OH is 1. The first-order valence-electron chi connectivity index (χ1n) is 10.3. The number of benzene rings is 2. The van der Waals surface area contributed by atoms with Crippen molar-refractivity contribution in [3.05, 3.63) is 54.0 Å². The molecule has 0 fully saturated rings. The number of fused-ring (bicyclic) bond motifs is 1. The number of H-pyrrole nitrogens is 1. The molecular weight excluding hydrogens is 394 g/mol. The van der Waals surface area contributed by atoms with Gasteiger partial charge in [0, 0.05) is 18.2 Å². The number of imidazole rings is 1. The smallest absolute Gasteiger partial charge is 0.145 e. The van der Waals surface area contributed by atoms with Gasteiger partial charge in [-0.05, 0) is 37.9 Å². The fraction of sp³-hybridized carbons (Fsp3) is 0.304. The molecule has 0 spiro atoms. The van der Waals surface area contributed by atoms with Crippen LogP contribution >= 0.6 is 0 Å². The molecular formula is C23H27N5O3. The van der Waals surface area contributed by atoms with E-state index in [-0.39, 0.29) is 11.6 Å². The van der Waals surface area contributed by atoms with Crippen molar-refractivity contribution in [1.82, 2.24) is 9.97 Å². The molecule has 2 heterocycles.